The third-order valence-corrected chi connectivity index (χ3v) is 13.4. The number of aliphatic carboxylic acids is 1. The van der Waals surface area contributed by atoms with Crippen molar-refractivity contribution in [1.82, 2.24) is 0 Å². The third kappa shape index (κ3) is 3.15. The van der Waals surface area contributed by atoms with Crippen molar-refractivity contribution in [2.75, 3.05) is 6.61 Å². The molecule has 0 spiro atoms. The van der Waals surface area contributed by atoms with Crippen LogP contribution in [0.1, 0.15) is 86.5 Å². The van der Waals surface area contributed by atoms with E-state index in [1.165, 1.54) is 0 Å². The van der Waals surface area contributed by atoms with Gasteiger partial charge in [-0.3, -0.25) is 4.79 Å². The van der Waals surface area contributed by atoms with E-state index < -0.39 is 52.0 Å². The molecule has 0 saturated heterocycles. The van der Waals surface area contributed by atoms with Gasteiger partial charge in [-0.15, -0.1) is 0 Å². The Balaban J connectivity index is 1.64. The molecule has 0 aromatic carbocycles. The van der Waals surface area contributed by atoms with E-state index >= 15 is 0 Å². The highest BCUT2D eigenvalue weighted by molar-refractivity contribution is 5.78. The number of rotatable bonds is 2. The average molecular weight is 521 g/mol. The van der Waals surface area contributed by atoms with Gasteiger partial charge in [-0.25, -0.2) is 0 Å². The molecular formula is C30H48O7. The highest BCUT2D eigenvalue weighted by Gasteiger charge is 2.72. The van der Waals surface area contributed by atoms with Crippen LogP contribution in [0.15, 0.2) is 11.6 Å². The zero-order chi connectivity index (χ0) is 27.6. The van der Waals surface area contributed by atoms with Crippen molar-refractivity contribution < 1.29 is 35.4 Å². The lowest BCUT2D eigenvalue weighted by Crippen LogP contribution is -2.70. The van der Waals surface area contributed by atoms with Crippen molar-refractivity contribution >= 4 is 5.97 Å². The first kappa shape index (κ1) is 27.6. The van der Waals surface area contributed by atoms with Crippen molar-refractivity contribution in [3.8, 4) is 0 Å². The Morgan fingerprint density at radius 2 is 1.57 bits per heavy atom. The van der Waals surface area contributed by atoms with Crippen LogP contribution < -0.4 is 0 Å². The number of allylic oxidation sites excluding steroid dienone is 2. The molecular weight excluding hydrogens is 472 g/mol. The molecule has 4 saturated carbocycles. The smallest absolute Gasteiger partial charge is 0.312 e. The fourth-order valence-electron chi connectivity index (χ4n) is 10.9. The van der Waals surface area contributed by atoms with Gasteiger partial charge < -0.3 is 30.6 Å². The molecule has 6 N–H and O–H groups in total. The van der Waals surface area contributed by atoms with E-state index in [1.807, 2.05) is 20.8 Å². The molecule has 7 nitrogen and oxygen atoms in total. The fourth-order valence-corrected chi connectivity index (χ4v) is 10.9. The van der Waals surface area contributed by atoms with Gasteiger partial charge in [0.05, 0.1) is 31.0 Å². The number of hydrogen-bond donors (Lipinski definition) is 6. The van der Waals surface area contributed by atoms with Gasteiger partial charge in [-0.05, 0) is 84.4 Å². The van der Waals surface area contributed by atoms with Crippen LogP contribution in [0.5, 0.6) is 0 Å². The molecule has 0 aromatic heterocycles. The second-order valence-corrected chi connectivity index (χ2v) is 15.2. The van der Waals surface area contributed by atoms with Crippen molar-refractivity contribution in [1.29, 1.82) is 0 Å². The molecule has 12 atom stereocenters. The average Bonchev–Trinajstić information content (AvgIpc) is 2.79. The van der Waals surface area contributed by atoms with Crippen LogP contribution in [-0.2, 0) is 4.79 Å². The van der Waals surface area contributed by atoms with Crippen molar-refractivity contribution in [2.24, 2.45) is 50.2 Å². The largest absolute Gasteiger partial charge is 0.481 e. The summed E-state index contributed by atoms with van der Waals surface area (Å²) in [5.74, 6) is -1.20. The summed E-state index contributed by atoms with van der Waals surface area (Å²) in [6.07, 6.45) is 2.18. The van der Waals surface area contributed by atoms with E-state index in [9.17, 15) is 35.4 Å². The molecule has 0 aromatic rings. The molecule has 0 bridgehead atoms. The Morgan fingerprint density at radius 3 is 2.16 bits per heavy atom. The van der Waals surface area contributed by atoms with Crippen LogP contribution >= 0.6 is 0 Å². The maximum atomic E-state index is 12.9. The molecule has 0 amide bonds. The summed E-state index contributed by atoms with van der Waals surface area (Å²) < 4.78 is 0. The zero-order valence-corrected chi connectivity index (χ0v) is 23.4. The van der Waals surface area contributed by atoms with Crippen LogP contribution in [0.3, 0.4) is 0 Å². The number of hydrogen-bond acceptors (Lipinski definition) is 6. The standard InChI is InChI=1S/C30H48O7/c1-25(2)11-17-16-7-8-20-26(3)12-18(32)23(35)27(4,15-31)19(26)9-10-28(20,5)29(16,6)13-22(34)30(17,24(36)37)14-21(25)33/h7,17-23,31-35H,8-15H2,1-6H3,(H,36,37)/t17-,18+,19?,20-,21+,22+,23+,26+,27?,28-,29-,30-/m1/s1. The molecule has 210 valence electrons. The molecule has 5 rings (SSSR count). The number of aliphatic hydroxyl groups is 5. The summed E-state index contributed by atoms with van der Waals surface area (Å²) >= 11 is 0. The summed E-state index contributed by atoms with van der Waals surface area (Å²) in [5, 5.41) is 65.5. The van der Waals surface area contributed by atoms with E-state index in [4.69, 9.17) is 0 Å². The van der Waals surface area contributed by atoms with Gasteiger partial charge in [-0.2, -0.15) is 0 Å². The minimum absolute atomic E-state index is 0.0374. The van der Waals surface area contributed by atoms with Crippen molar-refractivity contribution in [3.05, 3.63) is 11.6 Å². The van der Waals surface area contributed by atoms with Gasteiger partial charge in [-0.1, -0.05) is 53.2 Å². The number of fused-ring (bicyclic) bond motifs is 7. The lowest BCUT2D eigenvalue weighted by Gasteiger charge is -2.72. The molecule has 4 fully saturated rings. The number of aliphatic hydroxyl groups excluding tert-OH is 5. The Hall–Kier alpha value is -0.990. The lowest BCUT2D eigenvalue weighted by molar-refractivity contribution is -0.250. The van der Waals surface area contributed by atoms with Gasteiger partial charge >= 0.3 is 5.97 Å². The number of carbonyl (C=O) groups is 1. The first-order valence-corrected chi connectivity index (χ1v) is 14.2. The number of carboxylic acid groups (broad SMARTS) is 1. The second kappa shape index (κ2) is 8.03. The van der Waals surface area contributed by atoms with Crippen molar-refractivity contribution in [3.63, 3.8) is 0 Å². The highest BCUT2D eigenvalue weighted by atomic mass is 16.4. The van der Waals surface area contributed by atoms with Gasteiger partial charge in [0.25, 0.3) is 0 Å². The summed E-state index contributed by atoms with van der Waals surface area (Å²) in [4.78, 5) is 12.9. The predicted molar refractivity (Wildman–Crippen MR) is 138 cm³/mol. The Labute approximate surface area is 221 Å². The summed E-state index contributed by atoms with van der Waals surface area (Å²) in [6.45, 7) is 12.4. The van der Waals surface area contributed by atoms with E-state index in [2.05, 4.69) is 26.8 Å². The van der Waals surface area contributed by atoms with Gasteiger partial charge in [0.2, 0.25) is 0 Å². The topological polar surface area (TPSA) is 138 Å². The van der Waals surface area contributed by atoms with Gasteiger partial charge in [0.1, 0.15) is 5.41 Å². The maximum Gasteiger partial charge on any atom is 0.312 e. The van der Waals surface area contributed by atoms with E-state index in [0.717, 1.165) is 24.8 Å². The molecule has 5 aliphatic carbocycles. The van der Waals surface area contributed by atoms with Crippen LogP contribution in [0.2, 0.25) is 0 Å². The molecule has 37 heavy (non-hydrogen) atoms. The minimum atomic E-state index is -1.40. The molecule has 7 heteroatoms. The Morgan fingerprint density at radius 1 is 0.919 bits per heavy atom. The van der Waals surface area contributed by atoms with E-state index in [1.54, 1.807) is 0 Å². The first-order valence-electron chi connectivity index (χ1n) is 14.2. The fraction of sp³-hybridized carbons (Fsp3) is 0.900. The zero-order valence-electron chi connectivity index (χ0n) is 23.4. The van der Waals surface area contributed by atoms with Gasteiger partial charge in [0, 0.05) is 5.41 Å². The minimum Gasteiger partial charge on any atom is -0.481 e. The summed E-state index contributed by atoms with van der Waals surface area (Å²) in [7, 11) is 0. The van der Waals surface area contributed by atoms with E-state index in [-0.39, 0.29) is 41.6 Å². The number of carboxylic acids is 1. The highest BCUT2D eigenvalue weighted by Crippen LogP contribution is 2.75. The predicted octanol–water partition coefficient (Wildman–Crippen LogP) is 3.12. The summed E-state index contributed by atoms with van der Waals surface area (Å²) in [6, 6.07) is 0. The Bertz CT molecular complexity index is 1010. The molecule has 0 radical (unpaired) electrons. The molecule has 2 unspecified atom stereocenters. The second-order valence-electron chi connectivity index (χ2n) is 15.2. The Kier molecular flexibility index (Phi) is 5.98. The van der Waals surface area contributed by atoms with Crippen LogP contribution in [-0.4, -0.2) is 67.6 Å². The SMILES string of the molecule is CC1(C)C[C@@H]2C3=CC[C@@H]4[C@@]5(C)C[C@H](O)[C@H](O)C(C)(CO)C5CC[C@@]4(C)[C@]3(C)C[C@H](O)[C@@]2(C(=O)O)C[C@@H]1O. The van der Waals surface area contributed by atoms with E-state index in [0.29, 0.717) is 19.3 Å². The van der Waals surface area contributed by atoms with Crippen molar-refractivity contribution in [2.45, 2.75) is 111 Å². The molecule has 5 aliphatic rings. The third-order valence-electron chi connectivity index (χ3n) is 13.4. The van der Waals surface area contributed by atoms with Crippen LogP contribution in [0, 0.1) is 50.2 Å². The van der Waals surface area contributed by atoms with Gasteiger partial charge in [0.15, 0.2) is 0 Å². The molecule has 0 aliphatic heterocycles. The lowest BCUT2D eigenvalue weighted by atomic mass is 9.33. The molecule has 0 heterocycles. The maximum absolute atomic E-state index is 12.9. The van der Waals surface area contributed by atoms with Crippen LogP contribution in [0.25, 0.3) is 0 Å². The first-order chi connectivity index (χ1) is 17.0. The monoisotopic (exact) mass is 520 g/mol. The van der Waals surface area contributed by atoms with Crippen LogP contribution in [0.4, 0.5) is 0 Å². The summed E-state index contributed by atoms with van der Waals surface area (Å²) in [5.41, 5.74) is -2.56. The normalized spacial score (nSPS) is 56.7. The quantitative estimate of drug-likeness (QED) is 0.308.